The quantitative estimate of drug-likeness (QED) is 0.748. The van der Waals surface area contributed by atoms with Crippen molar-refractivity contribution in [3.8, 4) is 0 Å². The normalized spacial score (nSPS) is 10.5. The van der Waals surface area contributed by atoms with Gasteiger partial charge in [0.2, 0.25) is 5.78 Å². The number of aromatic nitrogens is 2. The fourth-order valence-electron chi connectivity index (χ4n) is 1.29. The van der Waals surface area contributed by atoms with Gasteiger partial charge in [-0.05, 0) is 12.1 Å². The molecule has 78 valence electrons. The predicted octanol–water partition coefficient (Wildman–Crippen LogP) is 0.703. The lowest BCUT2D eigenvalue weighted by atomic mass is 10.2. The lowest BCUT2D eigenvalue weighted by Gasteiger charge is -1.92. The van der Waals surface area contributed by atoms with E-state index in [9.17, 15) is 4.79 Å². The lowest BCUT2D eigenvalue weighted by Crippen LogP contribution is -1.98. The van der Waals surface area contributed by atoms with E-state index >= 15 is 0 Å². The first kappa shape index (κ1) is 9.67. The molecule has 5 heteroatoms. The standard InChI is InChI=1S/C10H11N3O2/c1-13-6-7(5-12-13)10(14)9-3-2-8(4-11)15-9/h2-3,5-6H,4,11H2,1H3. The number of hydrogen-bond donors (Lipinski definition) is 1. The topological polar surface area (TPSA) is 74.0 Å². The number of ketones is 1. The minimum Gasteiger partial charge on any atom is -0.456 e. The second-order valence-electron chi connectivity index (χ2n) is 3.20. The van der Waals surface area contributed by atoms with E-state index in [4.69, 9.17) is 10.2 Å². The smallest absolute Gasteiger partial charge is 0.231 e. The van der Waals surface area contributed by atoms with Gasteiger partial charge < -0.3 is 10.2 Å². The molecule has 2 N–H and O–H groups in total. The van der Waals surface area contributed by atoms with Gasteiger partial charge in [-0.2, -0.15) is 5.10 Å². The van der Waals surface area contributed by atoms with Gasteiger partial charge in [0.1, 0.15) is 5.76 Å². The summed E-state index contributed by atoms with van der Waals surface area (Å²) in [6, 6.07) is 3.32. The number of rotatable bonds is 3. The summed E-state index contributed by atoms with van der Waals surface area (Å²) in [5.74, 6) is 0.716. The predicted molar refractivity (Wildman–Crippen MR) is 53.2 cm³/mol. The number of hydrogen-bond acceptors (Lipinski definition) is 4. The Morgan fingerprint density at radius 3 is 2.93 bits per heavy atom. The average Bonchev–Trinajstić information content (AvgIpc) is 2.84. The molecule has 0 radical (unpaired) electrons. The van der Waals surface area contributed by atoms with Gasteiger partial charge in [-0.3, -0.25) is 9.48 Å². The van der Waals surface area contributed by atoms with Crippen LogP contribution in [0.1, 0.15) is 21.9 Å². The van der Waals surface area contributed by atoms with Crippen molar-refractivity contribution in [3.05, 3.63) is 41.6 Å². The van der Waals surface area contributed by atoms with Gasteiger partial charge in [-0.1, -0.05) is 0 Å². The van der Waals surface area contributed by atoms with Crippen molar-refractivity contribution in [1.82, 2.24) is 9.78 Å². The van der Waals surface area contributed by atoms with Crippen LogP contribution < -0.4 is 5.73 Å². The van der Waals surface area contributed by atoms with Crippen molar-refractivity contribution in [2.45, 2.75) is 6.54 Å². The number of aryl methyl sites for hydroxylation is 1. The van der Waals surface area contributed by atoms with E-state index in [0.29, 0.717) is 23.6 Å². The Labute approximate surface area is 86.5 Å². The summed E-state index contributed by atoms with van der Waals surface area (Å²) in [7, 11) is 1.75. The van der Waals surface area contributed by atoms with Crippen molar-refractivity contribution in [3.63, 3.8) is 0 Å². The Hall–Kier alpha value is -1.88. The molecule has 0 atom stereocenters. The van der Waals surface area contributed by atoms with Crippen LogP contribution in [0.4, 0.5) is 0 Å². The first-order valence-electron chi connectivity index (χ1n) is 4.53. The van der Waals surface area contributed by atoms with Crippen molar-refractivity contribution >= 4 is 5.78 Å². The third kappa shape index (κ3) is 1.82. The highest BCUT2D eigenvalue weighted by molar-refractivity contribution is 6.06. The summed E-state index contributed by atoms with van der Waals surface area (Å²) < 4.78 is 6.82. The first-order chi connectivity index (χ1) is 7.20. The van der Waals surface area contributed by atoms with E-state index in [-0.39, 0.29) is 5.78 Å². The summed E-state index contributed by atoms with van der Waals surface area (Å²) in [5.41, 5.74) is 5.89. The van der Waals surface area contributed by atoms with Crippen LogP contribution in [-0.4, -0.2) is 15.6 Å². The Morgan fingerprint density at radius 2 is 2.40 bits per heavy atom. The van der Waals surface area contributed by atoms with Crippen LogP contribution in [0.3, 0.4) is 0 Å². The van der Waals surface area contributed by atoms with Crippen LogP contribution in [0.5, 0.6) is 0 Å². The number of nitrogens with two attached hydrogens (primary N) is 1. The molecule has 5 nitrogen and oxygen atoms in total. The highest BCUT2D eigenvalue weighted by atomic mass is 16.3. The largest absolute Gasteiger partial charge is 0.456 e. The third-order valence-electron chi connectivity index (χ3n) is 2.05. The van der Waals surface area contributed by atoms with Crippen LogP contribution in [0.25, 0.3) is 0 Å². The lowest BCUT2D eigenvalue weighted by molar-refractivity contribution is 0.101. The molecule has 0 amide bonds. The van der Waals surface area contributed by atoms with Gasteiger partial charge in [0.25, 0.3) is 0 Å². The Morgan fingerprint density at radius 1 is 1.60 bits per heavy atom. The van der Waals surface area contributed by atoms with Crippen molar-refractivity contribution in [1.29, 1.82) is 0 Å². The zero-order chi connectivity index (χ0) is 10.8. The molecule has 2 aromatic rings. The van der Waals surface area contributed by atoms with Crippen molar-refractivity contribution in [2.24, 2.45) is 12.8 Å². The fraction of sp³-hybridized carbons (Fsp3) is 0.200. The number of carbonyl (C=O) groups excluding carboxylic acids is 1. The third-order valence-corrected chi connectivity index (χ3v) is 2.05. The summed E-state index contributed by atoms with van der Waals surface area (Å²) in [6.45, 7) is 0.292. The minimum absolute atomic E-state index is 0.178. The molecule has 2 rings (SSSR count). The molecule has 0 unspecified atom stereocenters. The maximum atomic E-state index is 11.8. The van der Waals surface area contributed by atoms with Crippen LogP contribution in [0.2, 0.25) is 0 Å². The van der Waals surface area contributed by atoms with Crippen LogP contribution >= 0.6 is 0 Å². The molecule has 0 aromatic carbocycles. The molecule has 2 aromatic heterocycles. The van der Waals surface area contributed by atoms with Gasteiger partial charge in [-0.25, -0.2) is 0 Å². The van der Waals surface area contributed by atoms with E-state index < -0.39 is 0 Å². The maximum Gasteiger partial charge on any atom is 0.231 e. The summed E-state index contributed by atoms with van der Waals surface area (Å²) >= 11 is 0. The van der Waals surface area contributed by atoms with Crippen LogP contribution in [-0.2, 0) is 13.6 Å². The van der Waals surface area contributed by atoms with Crippen LogP contribution in [0.15, 0.2) is 28.9 Å². The first-order valence-corrected chi connectivity index (χ1v) is 4.53. The molecule has 2 heterocycles. The SMILES string of the molecule is Cn1cc(C(=O)c2ccc(CN)o2)cn1. The number of nitrogens with zero attached hydrogens (tertiary/aromatic N) is 2. The molecule has 0 aliphatic rings. The van der Waals surface area contributed by atoms with E-state index in [1.54, 1.807) is 30.1 Å². The molecule has 0 saturated heterocycles. The summed E-state index contributed by atoms with van der Waals surface area (Å²) in [4.78, 5) is 11.8. The molecular formula is C10H11N3O2. The number of carbonyl (C=O) groups is 1. The zero-order valence-corrected chi connectivity index (χ0v) is 8.30. The molecule has 0 saturated carbocycles. The summed E-state index contributed by atoms with van der Waals surface area (Å²) in [6.07, 6.45) is 3.15. The second kappa shape index (κ2) is 3.70. The second-order valence-corrected chi connectivity index (χ2v) is 3.20. The molecule has 0 bridgehead atoms. The maximum absolute atomic E-state index is 11.8. The van der Waals surface area contributed by atoms with E-state index in [1.165, 1.54) is 6.20 Å². The molecule has 0 aliphatic heterocycles. The van der Waals surface area contributed by atoms with Gasteiger partial charge in [0, 0.05) is 13.2 Å². The van der Waals surface area contributed by atoms with Crippen molar-refractivity contribution in [2.75, 3.05) is 0 Å². The van der Waals surface area contributed by atoms with Gasteiger partial charge in [0.05, 0.1) is 18.3 Å². The monoisotopic (exact) mass is 205 g/mol. The molecule has 15 heavy (non-hydrogen) atoms. The molecule has 0 aliphatic carbocycles. The Balaban J connectivity index is 2.28. The fourth-order valence-corrected chi connectivity index (χ4v) is 1.29. The Kier molecular flexibility index (Phi) is 2.39. The van der Waals surface area contributed by atoms with E-state index in [0.717, 1.165) is 0 Å². The van der Waals surface area contributed by atoms with Gasteiger partial charge >= 0.3 is 0 Å². The highest BCUT2D eigenvalue weighted by Gasteiger charge is 2.14. The highest BCUT2D eigenvalue weighted by Crippen LogP contribution is 2.12. The van der Waals surface area contributed by atoms with Crippen LogP contribution in [0, 0.1) is 0 Å². The minimum atomic E-state index is -0.178. The van der Waals surface area contributed by atoms with E-state index in [1.807, 2.05) is 0 Å². The summed E-state index contributed by atoms with van der Waals surface area (Å²) in [5, 5.41) is 3.92. The molecule has 0 spiro atoms. The average molecular weight is 205 g/mol. The van der Waals surface area contributed by atoms with Gasteiger partial charge in [0.15, 0.2) is 5.76 Å². The zero-order valence-electron chi connectivity index (χ0n) is 8.30. The van der Waals surface area contributed by atoms with E-state index in [2.05, 4.69) is 5.10 Å². The Bertz CT molecular complexity index is 484. The molecule has 0 fully saturated rings. The number of furan rings is 1. The van der Waals surface area contributed by atoms with Crippen molar-refractivity contribution < 1.29 is 9.21 Å². The molecular weight excluding hydrogens is 194 g/mol. The van der Waals surface area contributed by atoms with Gasteiger partial charge in [-0.15, -0.1) is 0 Å².